The Bertz CT molecular complexity index is 833. The van der Waals surface area contributed by atoms with E-state index in [2.05, 4.69) is 21.4 Å². The topological polar surface area (TPSA) is 81.9 Å². The van der Waals surface area contributed by atoms with Crippen molar-refractivity contribution in [3.05, 3.63) is 52.4 Å². The molecule has 3 heterocycles. The first kappa shape index (κ1) is 17.2. The van der Waals surface area contributed by atoms with E-state index >= 15 is 0 Å². The molecule has 128 valence electrons. The van der Waals surface area contributed by atoms with Gasteiger partial charge in [-0.2, -0.15) is 5.26 Å². The van der Waals surface area contributed by atoms with E-state index in [9.17, 15) is 10.1 Å². The van der Waals surface area contributed by atoms with E-state index in [-0.39, 0.29) is 17.9 Å². The Labute approximate surface area is 151 Å². The first-order chi connectivity index (χ1) is 12.0. The molecule has 0 bridgehead atoms. The molecule has 0 aliphatic carbocycles. The summed E-state index contributed by atoms with van der Waals surface area (Å²) in [6.45, 7) is 2.33. The van der Waals surface area contributed by atoms with Crippen molar-refractivity contribution in [2.75, 3.05) is 18.9 Å². The lowest BCUT2D eigenvalue weighted by Crippen LogP contribution is -2.26. The van der Waals surface area contributed by atoms with Crippen LogP contribution in [0.25, 0.3) is 0 Å². The van der Waals surface area contributed by atoms with Crippen LogP contribution in [0.5, 0.6) is 0 Å². The van der Waals surface area contributed by atoms with E-state index in [1.807, 2.05) is 19.2 Å². The number of nitrogens with one attached hydrogen (secondary N) is 1. The van der Waals surface area contributed by atoms with Gasteiger partial charge in [-0.25, -0.2) is 4.98 Å². The van der Waals surface area contributed by atoms with Crippen LogP contribution in [0, 0.1) is 24.2 Å². The first-order valence-electron chi connectivity index (χ1n) is 7.97. The van der Waals surface area contributed by atoms with Crippen molar-refractivity contribution in [1.82, 2.24) is 14.9 Å². The summed E-state index contributed by atoms with van der Waals surface area (Å²) in [7, 11) is 1.82. The predicted octanol–water partition coefficient (Wildman–Crippen LogP) is 2.94. The summed E-state index contributed by atoms with van der Waals surface area (Å²) in [4.78, 5) is 22.2. The number of pyridine rings is 2. The quantitative estimate of drug-likeness (QED) is 0.911. The second-order valence-corrected chi connectivity index (χ2v) is 6.55. The number of rotatable bonds is 4. The highest BCUT2D eigenvalue weighted by molar-refractivity contribution is 6.31. The SMILES string of the molecule is Cc1c(Cl)cnc(NC[C@@H]2CC(=O)N(C)[C@H]2c2ccncc2)c1C#N. The number of carbonyl (C=O) groups is 1. The Hall–Kier alpha value is -2.65. The van der Waals surface area contributed by atoms with Crippen molar-refractivity contribution in [1.29, 1.82) is 5.26 Å². The highest BCUT2D eigenvalue weighted by atomic mass is 35.5. The maximum absolute atomic E-state index is 12.2. The van der Waals surface area contributed by atoms with Crippen LogP contribution in [0.4, 0.5) is 5.82 Å². The molecular formula is C18H18ClN5O. The summed E-state index contributed by atoms with van der Waals surface area (Å²) in [6.07, 6.45) is 5.44. The normalized spacial score (nSPS) is 19.8. The lowest BCUT2D eigenvalue weighted by atomic mass is 9.94. The summed E-state index contributed by atoms with van der Waals surface area (Å²) in [6, 6.07) is 5.98. The van der Waals surface area contributed by atoms with Gasteiger partial charge in [0.05, 0.1) is 16.6 Å². The molecule has 2 aromatic rings. The number of halogens is 1. The zero-order chi connectivity index (χ0) is 18.0. The van der Waals surface area contributed by atoms with Crippen molar-refractivity contribution < 1.29 is 4.79 Å². The number of amides is 1. The van der Waals surface area contributed by atoms with Crippen LogP contribution >= 0.6 is 11.6 Å². The van der Waals surface area contributed by atoms with E-state index in [1.54, 1.807) is 24.2 Å². The molecule has 0 spiro atoms. The maximum atomic E-state index is 12.2. The Balaban J connectivity index is 1.82. The molecular weight excluding hydrogens is 338 g/mol. The number of likely N-dealkylation sites (tertiary alicyclic amines) is 1. The molecule has 1 amide bonds. The zero-order valence-electron chi connectivity index (χ0n) is 14.0. The highest BCUT2D eigenvalue weighted by Crippen LogP contribution is 2.37. The monoisotopic (exact) mass is 355 g/mol. The number of nitrogens with zero attached hydrogens (tertiary/aromatic N) is 4. The second kappa shape index (κ2) is 7.08. The smallest absolute Gasteiger partial charge is 0.223 e. The molecule has 0 radical (unpaired) electrons. The summed E-state index contributed by atoms with van der Waals surface area (Å²) in [5.41, 5.74) is 2.19. The van der Waals surface area contributed by atoms with Crippen molar-refractivity contribution in [3.63, 3.8) is 0 Å². The van der Waals surface area contributed by atoms with Gasteiger partial charge in [-0.1, -0.05) is 11.6 Å². The number of aromatic nitrogens is 2. The lowest BCUT2D eigenvalue weighted by molar-refractivity contribution is -0.127. The Kier molecular flexibility index (Phi) is 4.86. The van der Waals surface area contributed by atoms with Crippen LogP contribution in [-0.2, 0) is 4.79 Å². The predicted molar refractivity (Wildman–Crippen MR) is 95.0 cm³/mol. The third-order valence-electron chi connectivity index (χ3n) is 4.66. The second-order valence-electron chi connectivity index (χ2n) is 6.14. The maximum Gasteiger partial charge on any atom is 0.223 e. The molecule has 1 fully saturated rings. The molecule has 2 aromatic heterocycles. The average molecular weight is 356 g/mol. The van der Waals surface area contributed by atoms with Gasteiger partial charge in [0.1, 0.15) is 11.9 Å². The number of carbonyl (C=O) groups excluding carboxylic acids is 1. The highest BCUT2D eigenvalue weighted by Gasteiger charge is 2.38. The number of hydrogen-bond donors (Lipinski definition) is 1. The molecule has 7 heteroatoms. The Morgan fingerprint density at radius 3 is 2.84 bits per heavy atom. The van der Waals surface area contributed by atoms with Gasteiger partial charge < -0.3 is 10.2 Å². The van der Waals surface area contributed by atoms with Gasteiger partial charge in [-0.3, -0.25) is 9.78 Å². The van der Waals surface area contributed by atoms with E-state index in [4.69, 9.17) is 11.6 Å². The fraction of sp³-hybridized carbons (Fsp3) is 0.333. The van der Waals surface area contributed by atoms with Crippen molar-refractivity contribution in [2.24, 2.45) is 5.92 Å². The van der Waals surface area contributed by atoms with Gasteiger partial charge in [0.15, 0.2) is 0 Å². The molecule has 1 aliphatic heterocycles. The molecule has 0 aromatic carbocycles. The molecule has 1 aliphatic rings. The largest absolute Gasteiger partial charge is 0.369 e. The molecule has 25 heavy (non-hydrogen) atoms. The molecule has 1 saturated heterocycles. The minimum absolute atomic E-state index is 0.0260. The van der Waals surface area contributed by atoms with Crippen LogP contribution in [-0.4, -0.2) is 34.4 Å². The third-order valence-corrected chi connectivity index (χ3v) is 5.04. The summed E-state index contributed by atoms with van der Waals surface area (Å²) in [5.74, 6) is 0.679. The van der Waals surface area contributed by atoms with Crippen LogP contribution in [0.2, 0.25) is 5.02 Å². The van der Waals surface area contributed by atoms with Gasteiger partial charge in [-0.05, 0) is 30.2 Å². The lowest BCUT2D eigenvalue weighted by Gasteiger charge is -2.25. The van der Waals surface area contributed by atoms with Gasteiger partial charge in [0.25, 0.3) is 0 Å². The van der Waals surface area contributed by atoms with Gasteiger partial charge >= 0.3 is 0 Å². The average Bonchev–Trinajstić information content (AvgIpc) is 2.91. The summed E-state index contributed by atoms with van der Waals surface area (Å²) >= 11 is 6.03. The first-order valence-corrected chi connectivity index (χ1v) is 8.35. The fourth-order valence-electron chi connectivity index (χ4n) is 3.27. The van der Waals surface area contributed by atoms with Gasteiger partial charge in [-0.15, -0.1) is 0 Å². The summed E-state index contributed by atoms with van der Waals surface area (Å²) < 4.78 is 0. The number of hydrogen-bond acceptors (Lipinski definition) is 5. The van der Waals surface area contributed by atoms with Crippen molar-refractivity contribution in [3.8, 4) is 6.07 Å². The molecule has 0 saturated carbocycles. The number of nitriles is 1. The molecule has 3 rings (SSSR count). The van der Waals surface area contributed by atoms with E-state index < -0.39 is 0 Å². The van der Waals surface area contributed by atoms with Crippen LogP contribution < -0.4 is 5.32 Å². The van der Waals surface area contributed by atoms with Crippen molar-refractivity contribution in [2.45, 2.75) is 19.4 Å². The zero-order valence-corrected chi connectivity index (χ0v) is 14.8. The van der Waals surface area contributed by atoms with Gasteiger partial charge in [0.2, 0.25) is 5.91 Å². The molecule has 6 nitrogen and oxygen atoms in total. The fourth-order valence-corrected chi connectivity index (χ4v) is 3.41. The molecule has 0 unspecified atom stereocenters. The minimum Gasteiger partial charge on any atom is -0.369 e. The molecule has 2 atom stereocenters. The number of anilines is 1. The van der Waals surface area contributed by atoms with E-state index in [1.165, 1.54) is 6.20 Å². The Morgan fingerprint density at radius 2 is 2.16 bits per heavy atom. The van der Waals surface area contributed by atoms with E-state index in [0.717, 1.165) is 5.56 Å². The minimum atomic E-state index is -0.0260. The van der Waals surface area contributed by atoms with Crippen LogP contribution in [0.15, 0.2) is 30.7 Å². The molecule has 1 N–H and O–H groups in total. The summed E-state index contributed by atoms with van der Waals surface area (Å²) in [5, 5.41) is 13.1. The Morgan fingerprint density at radius 1 is 1.44 bits per heavy atom. The van der Waals surface area contributed by atoms with Crippen molar-refractivity contribution >= 4 is 23.3 Å². The van der Waals surface area contributed by atoms with Crippen LogP contribution in [0.1, 0.15) is 29.2 Å². The standard InChI is InChI=1S/C18H18ClN5O/c1-11-14(8-20)18(23-10-15(11)19)22-9-13-7-16(25)24(2)17(13)12-3-5-21-6-4-12/h3-6,10,13,17H,7,9H2,1-2H3,(H,22,23)/t13-,17-/m0/s1. The van der Waals surface area contributed by atoms with E-state index in [0.29, 0.717) is 34.9 Å². The third kappa shape index (κ3) is 3.28. The van der Waals surface area contributed by atoms with Gasteiger partial charge in [0, 0.05) is 44.5 Å². The van der Waals surface area contributed by atoms with Crippen LogP contribution in [0.3, 0.4) is 0 Å².